The summed E-state index contributed by atoms with van der Waals surface area (Å²) in [4.78, 5) is 0. The molecule has 1 saturated carbocycles. The second kappa shape index (κ2) is 6.84. The number of aromatic hydroxyl groups is 3. The normalized spacial score (nSPS) is 22.9. The van der Waals surface area contributed by atoms with Crippen LogP contribution in [0.1, 0.15) is 44.6 Å². The lowest BCUT2D eigenvalue weighted by Crippen LogP contribution is -2.26. The zero-order valence-electron chi connectivity index (χ0n) is 12.1. The lowest BCUT2D eigenvalue weighted by molar-refractivity contribution is 0.262. The Morgan fingerprint density at radius 3 is 2.30 bits per heavy atom. The summed E-state index contributed by atoms with van der Waals surface area (Å²) in [5, 5.41) is 31.8. The first-order chi connectivity index (χ1) is 9.61. The highest BCUT2D eigenvalue weighted by Crippen LogP contribution is 2.37. The largest absolute Gasteiger partial charge is 0.504 e. The minimum atomic E-state index is -0.437. The Hall–Kier alpha value is -1.42. The van der Waals surface area contributed by atoms with E-state index in [1.165, 1.54) is 38.2 Å². The van der Waals surface area contributed by atoms with E-state index in [0.29, 0.717) is 18.0 Å². The molecule has 0 unspecified atom stereocenters. The molecule has 0 radical (unpaired) electrons. The molecule has 20 heavy (non-hydrogen) atoms. The summed E-state index contributed by atoms with van der Waals surface area (Å²) in [7, 11) is 0. The molecule has 0 atom stereocenters. The molecule has 1 fully saturated rings. The van der Waals surface area contributed by atoms with Crippen molar-refractivity contribution in [3.8, 4) is 17.2 Å². The van der Waals surface area contributed by atoms with E-state index >= 15 is 0 Å². The first kappa shape index (κ1) is 15.0. The van der Waals surface area contributed by atoms with E-state index in [0.717, 1.165) is 12.5 Å². The highest BCUT2D eigenvalue weighted by molar-refractivity contribution is 5.52. The molecule has 4 heteroatoms. The van der Waals surface area contributed by atoms with Gasteiger partial charge in [-0.25, -0.2) is 0 Å². The highest BCUT2D eigenvalue weighted by atomic mass is 16.3. The van der Waals surface area contributed by atoms with E-state index < -0.39 is 5.75 Å². The van der Waals surface area contributed by atoms with Gasteiger partial charge in [-0.05, 0) is 37.3 Å². The van der Waals surface area contributed by atoms with Crippen LogP contribution in [0.5, 0.6) is 17.2 Å². The lowest BCUT2D eigenvalue weighted by atomic mass is 9.81. The Kier molecular flexibility index (Phi) is 5.12. The van der Waals surface area contributed by atoms with Crippen LogP contribution in [0.3, 0.4) is 0 Å². The van der Waals surface area contributed by atoms with E-state index in [9.17, 15) is 15.3 Å². The summed E-state index contributed by atoms with van der Waals surface area (Å²) < 4.78 is 0. The summed E-state index contributed by atoms with van der Waals surface area (Å²) in [5.41, 5.74) is 0.613. The molecule has 0 heterocycles. The van der Waals surface area contributed by atoms with Gasteiger partial charge in [0.15, 0.2) is 11.5 Å². The van der Waals surface area contributed by atoms with E-state index in [1.54, 1.807) is 6.07 Å². The van der Waals surface area contributed by atoms with Crippen LogP contribution in [0.25, 0.3) is 0 Å². The molecule has 4 N–H and O–H groups in total. The van der Waals surface area contributed by atoms with Gasteiger partial charge in [0, 0.05) is 12.1 Å². The zero-order chi connectivity index (χ0) is 14.5. The molecule has 0 spiro atoms. The van der Waals surface area contributed by atoms with Crippen molar-refractivity contribution in [2.24, 2.45) is 11.8 Å². The third kappa shape index (κ3) is 3.57. The van der Waals surface area contributed by atoms with E-state index in [2.05, 4.69) is 12.2 Å². The van der Waals surface area contributed by atoms with Crippen LogP contribution in [0.15, 0.2) is 12.1 Å². The fraction of sp³-hybridized carbons (Fsp3) is 0.625. The number of hydrogen-bond acceptors (Lipinski definition) is 4. The first-order valence-electron chi connectivity index (χ1n) is 7.55. The molecule has 2 rings (SSSR count). The fourth-order valence-electron chi connectivity index (χ4n) is 3.01. The molecule has 1 aromatic carbocycles. The number of hydrogen-bond donors (Lipinski definition) is 4. The average Bonchev–Trinajstić information content (AvgIpc) is 2.48. The Morgan fingerprint density at radius 2 is 1.65 bits per heavy atom. The van der Waals surface area contributed by atoms with Crippen molar-refractivity contribution in [3.05, 3.63) is 17.7 Å². The maximum atomic E-state index is 9.73. The van der Waals surface area contributed by atoms with Gasteiger partial charge in [-0.3, -0.25) is 0 Å². The van der Waals surface area contributed by atoms with Crippen LogP contribution in [0.2, 0.25) is 0 Å². The third-order valence-corrected chi connectivity index (χ3v) is 4.51. The molecule has 0 amide bonds. The molecular weight excluding hydrogens is 254 g/mol. The van der Waals surface area contributed by atoms with Crippen LogP contribution in [0.4, 0.5) is 0 Å². The first-order valence-corrected chi connectivity index (χ1v) is 7.55. The average molecular weight is 279 g/mol. The number of rotatable bonds is 5. The van der Waals surface area contributed by atoms with Crippen LogP contribution in [-0.4, -0.2) is 21.9 Å². The zero-order valence-corrected chi connectivity index (χ0v) is 12.1. The van der Waals surface area contributed by atoms with Crippen molar-refractivity contribution < 1.29 is 15.3 Å². The van der Waals surface area contributed by atoms with Gasteiger partial charge >= 0.3 is 0 Å². The Bertz CT molecular complexity index is 440. The van der Waals surface area contributed by atoms with Crippen molar-refractivity contribution in [2.75, 3.05) is 6.54 Å². The molecule has 1 aliphatic carbocycles. The minimum Gasteiger partial charge on any atom is -0.504 e. The van der Waals surface area contributed by atoms with Gasteiger partial charge in [0.05, 0.1) is 0 Å². The molecule has 0 aromatic heterocycles. The predicted molar refractivity (Wildman–Crippen MR) is 78.9 cm³/mol. The van der Waals surface area contributed by atoms with Crippen molar-refractivity contribution >= 4 is 0 Å². The lowest BCUT2D eigenvalue weighted by Gasteiger charge is -2.28. The standard InChI is InChI=1S/C16H25NO3/c1-2-11-3-5-12(6-4-11)9-17-10-13-7-8-14(18)16(20)15(13)19/h7-8,11-12,17-20H,2-6,9-10H2,1H3. The maximum absolute atomic E-state index is 9.73. The number of nitrogens with one attached hydrogen (secondary N) is 1. The van der Waals surface area contributed by atoms with E-state index in [1.807, 2.05) is 0 Å². The van der Waals surface area contributed by atoms with E-state index in [-0.39, 0.29) is 11.5 Å². The van der Waals surface area contributed by atoms with Crippen molar-refractivity contribution in [1.29, 1.82) is 0 Å². The summed E-state index contributed by atoms with van der Waals surface area (Å²) >= 11 is 0. The maximum Gasteiger partial charge on any atom is 0.200 e. The summed E-state index contributed by atoms with van der Waals surface area (Å²) in [6, 6.07) is 3.03. The van der Waals surface area contributed by atoms with E-state index in [4.69, 9.17) is 0 Å². The van der Waals surface area contributed by atoms with Crippen LogP contribution >= 0.6 is 0 Å². The van der Waals surface area contributed by atoms with Gasteiger partial charge in [0.25, 0.3) is 0 Å². The number of benzene rings is 1. The van der Waals surface area contributed by atoms with Crippen LogP contribution < -0.4 is 5.32 Å². The number of phenols is 3. The monoisotopic (exact) mass is 279 g/mol. The highest BCUT2D eigenvalue weighted by Gasteiger charge is 2.19. The molecular formula is C16H25NO3. The topological polar surface area (TPSA) is 72.7 Å². The molecule has 1 aromatic rings. The minimum absolute atomic E-state index is 0.229. The van der Waals surface area contributed by atoms with Gasteiger partial charge in [-0.15, -0.1) is 0 Å². The van der Waals surface area contributed by atoms with Crippen LogP contribution in [0, 0.1) is 11.8 Å². The smallest absolute Gasteiger partial charge is 0.200 e. The SMILES string of the molecule is CCC1CCC(CNCc2ccc(O)c(O)c2O)CC1. The van der Waals surface area contributed by atoms with Crippen molar-refractivity contribution in [1.82, 2.24) is 5.32 Å². The van der Waals surface area contributed by atoms with Gasteiger partial charge in [-0.1, -0.05) is 32.3 Å². The summed E-state index contributed by atoms with van der Waals surface area (Å²) in [5.74, 6) is 0.666. The molecule has 1 aliphatic rings. The number of phenolic OH excluding ortho intramolecular Hbond substituents is 3. The fourth-order valence-corrected chi connectivity index (χ4v) is 3.01. The van der Waals surface area contributed by atoms with Gasteiger partial charge in [0.2, 0.25) is 5.75 Å². The van der Waals surface area contributed by atoms with Gasteiger partial charge in [-0.2, -0.15) is 0 Å². The molecule has 0 aliphatic heterocycles. The summed E-state index contributed by atoms with van der Waals surface area (Å²) in [6.45, 7) is 3.72. The van der Waals surface area contributed by atoms with Crippen LogP contribution in [-0.2, 0) is 6.54 Å². The molecule has 0 bridgehead atoms. The third-order valence-electron chi connectivity index (χ3n) is 4.51. The summed E-state index contributed by atoms with van der Waals surface area (Å²) in [6.07, 6.45) is 6.50. The Labute approximate surface area is 120 Å². The Balaban J connectivity index is 1.78. The predicted octanol–water partition coefficient (Wildman–Crippen LogP) is 3.11. The second-order valence-corrected chi connectivity index (χ2v) is 5.87. The van der Waals surface area contributed by atoms with Crippen molar-refractivity contribution in [2.45, 2.75) is 45.6 Å². The second-order valence-electron chi connectivity index (χ2n) is 5.87. The van der Waals surface area contributed by atoms with Crippen molar-refractivity contribution in [3.63, 3.8) is 0 Å². The molecule has 0 saturated heterocycles. The molecule has 112 valence electrons. The van der Waals surface area contributed by atoms with Gasteiger partial charge in [0.1, 0.15) is 0 Å². The quantitative estimate of drug-likeness (QED) is 0.625. The Morgan fingerprint density at radius 1 is 1.00 bits per heavy atom. The van der Waals surface area contributed by atoms with Gasteiger partial charge < -0.3 is 20.6 Å². The molecule has 4 nitrogen and oxygen atoms in total.